The van der Waals surface area contributed by atoms with Crippen molar-refractivity contribution in [1.29, 1.82) is 0 Å². The van der Waals surface area contributed by atoms with E-state index in [0.717, 1.165) is 25.6 Å². The predicted molar refractivity (Wildman–Crippen MR) is 53.8 cm³/mol. The highest BCUT2D eigenvalue weighted by Crippen LogP contribution is 2.12. The number of hydrogen-bond acceptors (Lipinski definition) is 3. The normalized spacial score (nSPS) is 12.0. The molecule has 0 aliphatic rings. The largest absolute Gasteiger partial charge is 0.415 e. The first-order valence-electron chi connectivity index (χ1n) is 4.45. The van der Waals surface area contributed by atoms with E-state index in [1.54, 1.807) is 7.11 Å². The zero-order chi connectivity index (χ0) is 9.45. The molecule has 3 nitrogen and oxygen atoms in total. The molecular formula is C8H21NO2Si. The van der Waals surface area contributed by atoms with Crippen LogP contribution >= 0.6 is 0 Å². The second kappa shape index (κ2) is 6.60. The van der Waals surface area contributed by atoms with Crippen molar-refractivity contribution in [2.45, 2.75) is 25.6 Å². The minimum atomic E-state index is -1.42. The van der Waals surface area contributed by atoms with Crippen LogP contribution in [0.5, 0.6) is 0 Å². The maximum Gasteiger partial charge on any atom is 0.186 e. The molecule has 0 radical (unpaired) electrons. The summed E-state index contributed by atoms with van der Waals surface area (Å²) in [6.45, 7) is 6.63. The highest BCUT2D eigenvalue weighted by molar-refractivity contribution is 6.71. The number of methoxy groups -OCH3 is 1. The van der Waals surface area contributed by atoms with E-state index in [4.69, 9.17) is 14.9 Å². The van der Waals surface area contributed by atoms with Crippen molar-refractivity contribution in [3.8, 4) is 0 Å². The molecule has 0 aromatic rings. The van der Waals surface area contributed by atoms with Gasteiger partial charge in [0.1, 0.15) is 0 Å². The standard InChI is InChI=1S/C8H21NO2Si/c1-10-6-7-11-12(2,3)8-4-5-9/h4-9H2,1-3H3. The third-order valence-corrected chi connectivity index (χ3v) is 4.31. The fourth-order valence-corrected chi connectivity index (χ4v) is 2.84. The molecule has 0 heterocycles. The van der Waals surface area contributed by atoms with Gasteiger partial charge in [0, 0.05) is 7.11 Å². The van der Waals surface area contributed by atoms with E-state index in [0.29, 0.717) is 6.61 Å². The Balaban J connectivity index is 3.42. The van der Waals surface area contributed by atoms with E-state index >= 15 is 0 Å². The summed E-state index contributed by atoms with van der Waals surface area (Å²) < 4.78 is 10.6. The lowest BCUT2D eigenvalue weighted by molar-refractivity contribution is 0.142. The van der Waals surface area contributed by atoms with Crippen LogP contribution in [0.3, 0.4) is 0 Å². The third kappa shape index (κ3) is 6.79. The van der Waals surface area contributed by atoms with Crippen molar-refractivity contribution in [3.05, 3.63) is 0 Å². The van der Waals surface area contributed by atoms with Gasteiger partial charge in [-0.15, -0.1) is 0 Å². The summed E-state index contributed by atoms with van der Waals surface area (Å²) >= 11 is 0. The molecule has 0 spiro atoms. The summed E-state index contributed by atoms with van der Waals surface area (Å²) in [4.78, 5) is 0. The van der Waals surface area contributed by atoms with Crippen molar-refractivity contribution < 1.29 is 9.16 Å². The fourth-order valence-electron chi connectivity index (χ4n) is 1.00. The lowest BCUT2D eigenvalue weighted by Crippen LogP contribution is -2.32. The van der Waals surface area contributed by atoms with Crippen molar-refractivity contribution in [2.75, 3.05) is 26.9 Å². The first-order chi connectivity index (χ1) is 5.62. The van der Waals surface area contributed by atoms with Crippen LogP contribution in [0, 0.1) is 0 Å². The van der Waals surface area contributed by atoms with Crippen LogP contribution in [-0.4, -0.2) is 35.2 Å². The number of hydrogen-bond donors (Lipinski definition) is 1. The average molecular weight is 191 g/mol. The molecule has 0 aliphatic carbocycles. The van der Waals surface area contributed by atoms with Crippen LogP contribution in [0.25, 0.3) is 0 Å². The zero-order valence-corrected chi connectivity index (χ0v) is 9.43. The lowest BCUT2D eigenvalue weighted by atomic mass is 10.5. The highest BCUT2D eigenvalue weighted by Gasteiger charge is 2.20. The molecule has 0 bridgehead atoms. The Morgan fingerprint density at radius 2 is 1.92 bits per heavy atom. The number of nitrogens with two attached hydrogens (primary N) is 1. The van der Waals surface area contributed by atoms with E-state index in [1.165, 1.54) is 0 Å². The maximum atomic E-state index is 5.73. The van der Waals surface area contributed by atoms with Gasteiger partial charge < -0.3 is 14.9 Å². The Morgan fingerprint density at radius 3 is 2.42 bits per heavy atom. The second-order valence-corrected chi connectivity index (χ2v) is 7.80. The Kier molecular flexibility index (Phi) is 6.65. The summed E-state index contributed by atoms with van der Waals surface area (Å²) in [7, 11) is 0.271. The first kappa shape index (κ1) is 12.1. The van der Waals surface area contributed by atoms with E-state index in [1.807, 2.05) is 0 Å². The molecule has 0 fully saturated rings. The van der Waals surface area contributed by atoms with Gasteiger partial charge in [0.15, 0.2) is 8.32 Å². The molecule has 0 amide bonds. The molecule has 0 aliphatic heterocycles. The van der Waals surface area contributed by atoms with Crippen molar-refractivity contribution in [2.24, 2.45) is 5.73 Å². The van der Waals surface area contributed by atoms with Gasteiger partial charge >= 0.3 is 0 Å². The topological polar surface area (TPSA) is 44.5 Å². The molecule has 0 atom stereocenters. The van der Waals surface area contributed by atoms with Crippen LogP contribution in [0.4, 0.5) is 0 Å². The van der Waals surface area contributed by atoms with Crippen molar-refractivity contribution in [3.63, 3.8) is 0 Å². The van der Waals surface area contributed by atoms with E-state index in [9.17, 15) is 0 Å². The molecule has 2 N–H and O–H groups in total. The Hall–Kier alpha value is 0.0969. The third-order valence-electron chi connectivity index (χ3n) is 1.76. The average Bonchev–Trinajstić information content (AvgIpc) is 2.01. The molecular weight excluding hydrogens is 170 g/mol. The maximum absolute atomic E-state index is 5.73. The molecule has 0 rings (SSSR count). The lowest BCUT2D eigenvalue weighted by Gasteiger charge is -2.22. The minimum absolute atomic E-state index is 0.694. The van der Waals surface area contributed by atoms with Gasteiger partial charge in [0.25, 0.3) is 0 Å². The van der Waals surface area contributed by atoms with Gasteiger partial charge in [0.2, 0.25) is 0 Å². The molecule has 0 aromatic heterocycles. The Morgan fingerprint density at radius 1 is 1.25 bits per heavy atom. The van der Waals surface area contributed by atoms with Gasteiger partial charge in [-0.3, -0.25) is 0 Å². The second-order valence-electron chi connectivity index (χ2n) is 3.49. The predicted octanol–water partition coefficient (Wildman–Crippen LogP) is 1.20. The SMILES string of the molecule is COCCO[Si](C)(C)CCCN. The molecule has 0 unspecified atom stereocenters. The summed E-state index contributed by atoms with van der Waals surface area (Å²) in [5, 5.41) is 0. The summed E-state index contributed by atoms with van der Waals surface area (Å²) in [6.07, 6.45) is 1.08. The summed E-state index contributed by atoms with van der Waals surface area (Å²) in [5.41, 5.74) is 5.43. The minimum Gasteiger partial charge on any atom is -0.415 e. The summed E-state index contributed by atoms with van der Waals surface area (Å²) in [6, 6.07) is 1.15. The van der Waals surface area contributed by atoms with E-state index < -0.39 is 8.32 Å². The Labute approximate surface area is 76.4 Å². The van der Waals surface area contributed by atoms with Gasteiger partial charge in [-0.05, 0) is 32.1 Å². The molecule has 0 saturated carbocycles. The quantitative estimate of drug-likeness (QED) is 0.486. The number of ether oxygens (including phenoxy) is 1. The van der Waals surface area contributed by atoms with Crippen LogP contribution in [0.15, 0.2) is 0 Å². The molecule has 12 heavy (non-hydrogen) atoms. The zero-order valence-electron chi connectivity index (χ0n) is 8.43. The highest BCUT2D eigenvalue weighted by atomic mass is 28.4. The van der Waals surface area contributed by atoms with Gasteiger partial charge in [-0.1, -0.05) is 0 Å². The van der Waals surface area contributed by atoms with Crippen LogP contribution in [-0.2, 0) is 9.16 Å². The van der Waals surface area contributed by atoms with Gasteiger partial charge in [-0.25, -0.2) is 0 Å². The fraction of sp³-hybridized carbons (Fsp3) is 1.00. The van der Waals surface area contributed by atoms with E-state index in [-0.39, 0.29) is 0 Å². The van der Waals surface area contributed by atoms with Gasteiger partial charge in [0.05, 0.1) is 13.2 Å². The van der Waals surface area contributed by atoms with Crippen molar-refractivity contribution in [1.82, 2.24) is 0 Å². The van der Waals surface area contributed by atoms with E-state index in [2.05, 4.69) is 13.1 Å². The van der Waals surface area contributed by atoms with Crippen LogP contribution in [0.1, 0.15) is 6.42 Å². The van der Waals surface area contributed by atoms with Gasteiger partial charge in [-0.2, -0.15) is 0 Å². The van der Waals surface area contributed by atoms with Crippen LogP contribution < -0.4 is 5.73 Å². The van der Waals surface area contributed by atoms with Crippen molar-refractivity contribution >= 4 is 8.32 Å². The van der Waals surface area contributed by atoms with Crippen LogP contribution in [0.2, 0.25) is 19.1 Å². The summed E-state index contributed by atoms with van der Waals surface area (Å²) in [5.74, 6) is 0. The Bertz CT molecular complexity index is 109. The molecule has 4 heteroatoms. The molecule has 0 aromatic carbocycles. The smallest absolute Gasteiger partial charge is 0.186 e. The monoisotopic (exact) mass is 191 g/mol. The molecule has 74 valence electrons. The first-order valence-corrected chi connectivity index (χ1v) is 7.57. The molecule has 0 saturated heterocycles. The number of rotatable bonds is 7.